The Morgan fingerprint density at radius 2 is 2.60 bits per heavy atom. The van der Waals surface area contributed by atoms with Gasteiger partial charge in [0.05, 0.1) is 0 Å². The van der Waals surface area contributed by atoms with Gasteiger partial charge in [-0.3, -0.25) is 0 Å². The van der Waals surface area contributed by atoms with Crippen molar-refractivity contribution in [3.8, 4) is 0 Å². The van der Waals surface area contributed by atoms with Crippen molar-refractivity contribution in [2.24, 2.45) is 0 Å². The molecule has 4 nitrogen and oxygen atoms in total. The molecule has 1 heterocycles. The van der Waals surface area contributed by atoms with E-state index in [0.717, 1.165) is 0 Å². The summed E-state index contributed by atoms with van der Waals surface area (Å²) in [6.07, 6.45) is 5.16. The lowest BCUT2D eigenvalue weighted by atomic mass is 10.4. The molecule has 1 aliphatic heterocycles. The Kier molecular flexibility index (Phi) is 2.28. The van der Waals surface area contributed by atoms with Crippen LogP contribution >= 0.6 is 0 Å². The topological polar surface area (TPSA) is 47.3 Å². The summed E-state index contributed by atoms with van der Waals surface area (Å²) in [6.45, 7) is 2.41. The van der Waals surface area contributed by atoms with Gasteiger partial charge in [-0.15, -0.1) is 5.43 Å². The Bertz CT molecular complexity index is 165. The van der Waals surface area contributed by atoms with E-state index in [-0.39, 0.29) is 0 Å². The first-order valence-corrected chi connectivity index (χ1v) is 3.07. The molecule has 4 heteroatoms. The minimum Gasteiger partial charge on any atom is -0.596 e. The number of hydrazine groups is 1. The van der Waals surface area contributed by atoms with E-state index in [0.29, 0.717) is 17.7 Å². The van der Waals surface area contributed by atoms with E-state index < -0.39 is 0 Å². The first-order valence-electron chi connectivity index (χ1n) is 3.07. The highest BCUT2D eigenvalue weighted by atomic mass is 16.6. The summed E-state index contributed by atoms with van der Waals surface area (Å²) in [6, 6.07) is 0. The zero-order valence-electron chi connectivity index (χ0n) is 5.70. The summed E-state index contributed by atoms with van der Waals surface area (Å²) in [4.78, 5) is 0.588. The van der Waals surface area contributed by atoms with Crippen molar-refractivity contribution < 1.29 is 9.58 Å². The lowest BCUT2D eigenvalue weighted by Gasteiger charge is -2.13. The lowest BCUT2D eigenvalue weighted by molar-refractivity contribution is -0.522. The third kappa shape index (κ3) is 1.73. The summed E-state index contributed by atoms with van der Waals surface area (Å²) in [5, 5.41) is 10.5. The highest BCUT2D eigenvalue weighted by molar-refractivity contribution is 5.67. The van der Waals surface area contributed by atoms with Gasteiger partial charge in [0.2, 0.25) is 6.21 Å². The van der Waals surface area contributed by atoms with Gasteiger partial charge < -0.3 is 9.94 Å². The molecule has 0 saturated carbocycles. The van der Waals surface area contributed by atoms with Crippen LogP contribution in [0.25, 0.3) is 0 Å². The van der Waals surface area contributed by atoms with Crippen LogP contribution in [-0.4, -0.2) is 17.7 Å². The van der Waals surface area contributed by atoms with Crippen molar-refractivity contribution in [2.75, 3.05) is 6.61 Å². The largest absolute Gasteiger partial charge is 0.596 e. The molecule has 0 aromatic heterocycles. The molecule has 1 rings (SSSR count). The van der Waals surface area contributed by atoms with E-state index in [4.69, 9.17) is 4.74 Å². The molecule has 1 aliphatic rings. The van der Waals surface area contributed by atoms with E-state index in [1.165, 1.54) is 6.21 Å². The highest BCUT2D eigenvalue weighted by Crippen LogP contribution is 2.00. The fourth-order valence-electron chi connectivity index (χ4n) is 0.628. The SMILES string of the molecule is CCO[C]1C=CC=[N+]([O-])N1. The summed E-state index contributed by atoms with van der Waals surface area (Å²) in [5.41, 5.74) is 2.45. The van der Waals surface area contributed by atoms with Gasteiger partial charge in [-0.05, 0) is 13.0 Å². The second-order valence-corrected chi connectivity index (χ2v) is 1.74. The van der Waals surface area contributed by atoms with Gasteiger partial charge in [0.15, 0.2) is 0 Å². The second kappa shape index (κ2) is 3.22. The highest BCUT2D eigenvalue weighted by Gasteiger charge is 2.11. The Morgan fingerprint density at radius 1 is 1.80 bits per heavy atom. The Labute approximate surface area is 59.4 Å². The fourth-order valence-corrected chi connectivity index (χ4v) is 0.628. The van der Waals surface area contributed by atoms with Gasteiger partial charge in [0.1, 0.15) is 0 Å². The smallest absolute Gasteiger partial charge is 0.266 e. The van der Waals surface area contributed by atoms with E-state index in [9.17, 15) is 5.21 Å². The van der Waals surface area contributed by atoms with Crippen molar-refractivity contribution in [3.63, 3.8) is 0 Å². The molecule has 0 aliphatic carbocycles. The fraction of sp³-hybridized carbons (Fsp3) is 0.333. The van der Waals surface area contributed by atoms with Gasteiger partial charge in [-0.1, -0.05) is 4.85 Å². The van der Waals surface area contributed by atoms with Gasteiger partial charge in [0, 0.05) is 12.7 Å². The third-order valence-electron chi connectivity index (χ3n) is 0.989. The van der Waals surface area contributed by atoms with Gasteiger partial charge in [-0.2, -0.15) is 0 Å². The number of hydrazone groups is 1. The molecular weight excluding hydrogens is 132 g/mol. The summed E-state index contributed by atoms with van der Waals surface area (Å²) < 4.78 is 5.01. The van der Waals surface area contributed by atoms with Crippen LogP contribution in [0.15, 0.2) is 12.2 Å². The molecule has 0 amide bonds. The van der Waals surface area contributed by atoms with Crippen molar-refractivity contribution in [2.45, 2.75) is 6.92 Å². The Morgan fingerprint density at radius 3 is 3.20 bits per heavy atom. The number of allylic oxidation sites excluding steroid dienone is 1. The maximum Gasteiger partial charge on any atom is 0.266 e. The van der Waals surface area contributed by atoms with E-state index in [2.05, 4.69) is 5.43 Å². The summed E-state index contributed by atoms with van der Waals surface area (Å²) in [7, 11) is 0. The molecule has 55 valence electrons. The van der Waals surface area contributed by atoms with Crippen molar-refractivity contribution in [1.82, 2.24) is 5.43 Å². The lowest BCUT2D eigenvalue weighted by Crippen LogP contribution is -2.32. The Hall–Kier alpha value is -1.03. The molecule has 0 spiro atoms. The predicted octanol–water partition coefficient (Wildman–Crippen LogP) is 0.168. The number of ether oxygens (including phenoxy) is 1. The molecule has 0 unspecified atom stereocenters. The molecule has 0 aromatic carbocycles. The molecule has 1 N–H and O–H groups in total. The minimum absolute atomic E-state index is 0.486. The number of hydrogen-bond acceptors (Lipinski definition) is 3. The first kappa shape index (κ1) is 7.08. The average molecular weight is 141 g/mol. The van der Waals surface area contributed by atoms with E-state index in [1.807, 2.05) is 6.92 Å². The Balaban J connectivity index is 2.39. The summed E-state index contributed by atoms with van der Waals surface area (Å²) in [5.74, 6) is 0. The standard InChI is InChI=1S/C6H9N2O2/c1-2-10-6-4-3-5-8(9)7-6/h3-5,7H,2H2,1H3. The van der Waals surface area contributed by atoms with Crippen LogP contribution in [0.1, 0.15) is 6.92 Å². The molecule has 0 aromatic rings. The maximum absolute atomic E-state index is 10.5. The van der Waals surface area contributed by atoms with Gasteiger partial charge in [-0.25, -0.2) is 0 Å². The maximum atomic E-state index is 10.5. The molecule has 10 heavy (non-hydrogen) atoms. The molecule has 0 atom stereocenters. The second-order valence-electron chi connectivity index (χ2n) is 1.74. The van der Waals surface area contributed by atoms with Gasteiger partial charge >= 0.3 is 0 Å². The third-order valence-corrected chi connectivity index (χ3v) is 0.989. The first-order chi connectivity index (χ1) is 4.83. The number of nitrogens with zero attached hydrogens (tertiary/aromatic N) is 1. The minimum atomic E-state index is 0.486. The van der Waals surface area contributed by atoms with Crippen LogP contribution in [0, 0.1) is 11.4 Å². The average Bonchev–Trinajstić information content (AvgIpc) is 1.88. The predicted molar refractivity (Wildman–Crippen MR) is 36.8 cm³/mol. The number of nitrogens with one attached hydrogen (secondary N) is 1. The number of rotatable bonds is 2. The quantitative estimate of drug-likeness (QED) is 0.440. The van der Waals surface area contributed by atoms with Gasteiger partial charge in [0.25, 0.3) is 6.23 Å². The molecule has 1 radical (unpaired) electrons. The van der Waals surface area contributed by atoms with Crippen LogP contribution in [0.3, 0.4) is 0 Å². The van der Waals surface area contributed by atoms with Crippen molar-refractivity contribution >= 4 is 6.21 Å². The monoisotopic (exact) mass is 141 g/mol. The van der Waals surface area contributed by atoms with Crippen LogP contribution in [0.5, 0.6) is 0 Å². The zero-order chi connectivity index (χ0) is 7.40. The van der Waals surface area contributed by atoms with Crippen molar-refractivity contribution in [1.29, 1.82) is 0 Å². The van der Waals surface area contributed by atoms with Crippen LogP contribution in [-0.2, 0) is 4.74 Å². The van der Waals surface area contributed by atoms with Crippen LogP contribution in [0.4, 0.5) is 0 Å². The molecule has 0 bridgehead atoms. The molecule has 0 fully saturated rings. The zero-order valence-corrected chi connectivity index (χ0v) is 5.70. The number of hydrogen-bond donors (Lipinski definition) is 1. The molecular formula is C6H9N2O2. The van der Waals surface area contributed by atoms with E-state index >= 15 is 0 Å². The normalized spacial score (nSPS) is 18.3. The van der Waals surface area contributed by atoms with Crippen LogP contribution < -0.4 is 5.43 Å². The molecule has 0 saturated heterocycles. The van der Waals surface area contributed by atoms with Crippen LogP contribution in [0.2, 0.25) is 0 Å². The van der Waals surface area contributed by atoms with Crippen molar-refractivity contribution in [3.05, 3.63) is 23.6 Å². The summed E-state index contributed by atoms with van der Waals surface area (Å²) >= 11 is 0. The van der Waals surface area contributed by atoms with E-state index in [1.54, 1.807) is 12.2 Å².